The summed E-state index contributed by atoms with van der Waals surface area (Å²) in [4.78, 5) is 5.34. The van der Waals surface area contributed by atoms with E-state index in [4.69, 9.17) is 9.57 Å². The van der Waals surface area contributed by atoms with Crippen LogP contribution in [0.4, 0.5) is 0 Å². The fourth-order valence-electron chi connectivity index (χ4n) is 1.55. The highest BCUT2D eigenvalue weighted by Gasteiger charge is 1.95. The first kappa shape index (κ1) is 14.1. The lowest BCUT2D eigenvalue weighted by Gasteiger charge is -2.08. The number of ether oxygens (including phenoxy) is 1. The number of halogens is 1. The van der Waals surface area contributed by atoms with Crippen LogP contribution in [0.2, 0.25) is 0 Å². The first-order valence-corrected chi connectivity index (χ1v) is 6.91. The van der Waals surface area contributed by atoms with Crippen LogP contribution in [-0.4, -0.2) is 13.2 Å². The molecule has 100 valence electrons. The van der Waals surface area contributed by atoms with Crippen LogP contribution in [0.5, 0.6) is 5.75 Å². The summed E-state index contributed by atoms with van der Waals surface area (Å²) in [6.45, 7) is 1.75. The molecule has 2 aromatic rings. The minimum absolute atomic E-state index is 0.553. The van der Waals surface area contributed by atoms with E-state index < -0.39 is 0 Å². The lowest BCUT2D eigenvalue weighted by atomic mass is 10.2. The molecule has 0 aromatic heterocycles. The van der Waals surface area contributed by atoms with Crippen molar-refractivity contribution in [3.05, 3.63) is 64.6 Å². The van der Waals surface area contributed by atoms with Crippen molar-refractivity contribution < 1.29 is 9.57 Å². The highest BCUT2D eigenvalue weighted by molar-refractivity contribution is 9.10. The van der Waals surface area contributed by atoms with Crippen LogP contribution >= 0.6 is 15.9 Å². The van der Waals surface area contributed by atoms with Crippen molar-refractivity contribution >= 4 is 15.9 Å². The topological polar surface area (TPSA) is 30.5 Å². The predicted octanol–water partition coefficient (Wildman–Crippen LogP) is 3.55. The summed E-state index contributed by atoms with van der Waals surface area (Å²) in [5, 5.41) is 0. The van der Waals surface area contributed by atoms with Gasteiger partial charge >= 0.3 is 0 Å². The zero-order valence-corrected chi connectivity index (χ0v) is 12.1. The van der Waals surface area contributed by atoms with Gasteiger partial charge in [-0.2, -0.15) is 5.48 Å². The van der Waals surface area contributed by atoms with E-state index in [-0.39, 0.29) is 0 Å². The highest BCUT2D eigenvalue weighted by Crippen LogP contribution is 2.17. The average molecular weight is 322 g/mol. The largest absolute Gasteiger partial charge is 0.492 e. The summed E-state index contributed by atoms with van der Waals surface area (Å²) in [6.07, 6.45) is 0. The van der Waals surface area contributed by atoms with E-state index in [2.05, 4.69) is 21.4 Å². The smallest absolute Gasteiger partial charge is 0.120 e. The van der Waals surface area contributed by atoms with Crippen LogP contribution in [0.15, 0.2) is 59.1 Å². The summed E-state index contributed by atoms with van der Waals surface area (Å²) < 4.78 is 6.58. The zero-order chi connectivity index (χ0) is 13.3. The zero-order valence-electron chi connectivity index (χ0n) is 10.5. The molecule has 0 saturated carbocycles. The molecule has 0 atom stereocenters. The number of benzene rings is 2. The first-order valence-electron chi connectivity index (χ1n) is 6.11. The molecule has 1 N–H and O–H groups in total. The third-order valence-electron chi connectivity index (χ3n) is 2.45. The molecule has 0 spiro atoms. The molecule has 0 bridgehead atoms. The van der Waals surface area contributed by atoms with Gasteiger partial charge in [-0.3, -0.25) is 4.84 Å². The quantitative estimate of drug-likeness (QED) is 0.625. The number of hydrogen-bond donors (Lipinski definition) is 1. The molecule has 0 aliphatic rings. The number of hydroxylamine groups is 1. The van der Waals surface area contributed by atoms with Gasteiger partial charge in [-0.1, -0.05) is 52.3 Å². The minimum Gasteiger partial charge on any atom is -0.492 e. The standard InChI is InChI=1S/C15H16BrNO2/c16-14-7-4-8-15(11-14)18-10-9-17-19-12-13-5-2-1-3-6-13/h1-8,11,17H,9-10,12H2. The van der Waals surface area contributed by atoms with Crippen LogP contribution in [0.25, 0.3) is 0 Å². The Balaban J connectivity index is 1.58. The van der Waals surface area contributed by atoms with Crippen LogP contribution in [0.1, 0.15) is 5.56 Å². The van der Waals surface area contributed by atoms with Crippen LogP contribution in [0.3, 0.4) is 0 Å². The van der Waals surface area contributed by atoms with Crippen molar-refractivity contribution in [2.24, 2.45) is 0 Å². The fraction of sp³-hybridized carbons (Fsp3) is 0.200. The van der Waals surface area contributed by atoms with Crippen molar-refractivity contribution in [2.45, 2.75) is 6.61 Å². The lowest BCUT2D eigenvalue weighted by Crippen LogP contribution is -2.21. The Bertz CT molecular complexity index is 491. The molecule has 0 aliphatic heterocycles. The van der Waals surface area contributed by atoms with E-state index >= 15 is 0 Å². The van der Waals surface area contributed by atoms with Crippen molar-refractivity contribution in [1.82, 2.24) is 5.48 Å². The van der Waals surface area contributed by atoms with E-state index in [1.54, 1.807) is 0 Å². The molecular weight excluding hydrogens is 306 g/mol. The monoisotopic (exact) mass is 321 g/mol. The fourth-order valence-corrected chi connectivity index (χ4v) is 1.93. The Hall–Kier alpha value is -1.36. The van der Waals surface area contributed by atoms with Gasteiger partial charge in [0, 0.05) is 4.47 Å². The van der Waals surface area contributed by atoms with Gasteiger partial charge in [-0.15, -0.1) is 0 Å². The molecular formula is C15H16BrNO2. The van der Waals surface area contributed by atoms with Gasteiger partial charge in [-0.25, -0.2) is 0 Å². The third kappa shape index (κ3) is 5.42. The molecule has 3 nitrogen and oxygen atoms in total. The number of nitrogens with one attached hydrogen (secondary N) is 1. The predicted molar refractivity (Wildman–Crippen MR) is 78.9 cm³/mol. The highest BCUT2D eigenvalue weighted by atomic mass is 79.9. The van der Waals surface area contributed by atoms with E-state index in [0.29, 0.717) is 19.8 Å². The molecule has 2 aromatic carbocycles. The normalized spacial score (nSPS) is 10.4. The second-order valence-corrected chi connectivity index (χ2v) is 4.89. The van der Waals surface area contributed by atoms with Gasteiger partial charge in [0.05, 0.1) is 13.2 Å². The maximum atomic E-state index is 5.57. The maximum Gasteiger partial charge on any atom is 0.120 e. The Labute approximate surface area is 121 Å². The Morgan fingerprint density at radius 2 is 1.84 bits per heavy atom. The van der Waals surface area contributed by atoms with Gasteiger partial charge in [-0.05, 0) is 23.8 Å². The van der Waals surface area contributed by atoms with Crippen molar-refractivity contribution in [2.75, 3.05) is 13.2 Å². The lowest BCUT2D eigenvalue weighted by molar-refractivity contribution is 0.0216. The molecule has 0 amide bonds. The van der Waals surface area contributed by atoms with E-state index in [9.17, 15) is 0 Å². The van der Waals surface area contributed by atoms with E-state index in [1.165, 1.54) is 0 Å². The molecule has 4 heteroatoms. The van der Waals surface area contributed by atoms with Crippen molar-refractivity contribution in [3.63, 3.8) is 0 Å². The minimum atomic E-state index is 0.553. The third-order valence-corrected chi connectivity index (χ3v) is 2.95. The maximum absolute atomic E-state index is 5.57. The molecule has 19 heavy (non-hydrogen) atoms. The molecule has 0 heterocycles. The van der Waals surface area contributed by atoms with Gasteiger partial charge in [0.15, 0.2) is 0 Å². The number of rotatable bonds is 7. The molecule has 0 aliphatic carbocycles. The van der Waals surface area contributed by atoms with Gasteiger partial charge in [0.25, 0.3) is 0 Å². The Kier molecular flexibility index (Phi) is 5.88. The summed E-state index contributed by atoms with van der Waals surface area (Å²) in [5.74, 6) is 0.847. The molecule has 0 fully saturated rings. The van der Waals surface area contributed by atoms with E-state index in [0.717, 1.165) is 15.8 Å². The van der Waals surface area contributed by atoms with Crippen LogP contribution in [-0.2, 0) is 11.4 Å². The SMILES string of the molecule is Brc1cccc(OCCNOCc2ccccc2)c1. The Morgan fingerprint density at radius 3 is 2.63 bits per heavy atom. The first-order chi connectivity index (χ1) is 9.34. The molecule has 2 rings (SSSR count). The second kappa shape index (κ2) is 7.94. The van der Waals surface area contributed by atoms with Crippen LogP contribution < -0.4 is 10.2 Å². The van der Waals surface area contributed by atoms with Gasteiger partial charge < -0.3 is 4.74 Å². The second-order valence-electron chi connectivity index (χ2n) is 3.97. The van der Waals surface area contributed by atoms with E-state index in [1.807, 2.05) is 54.6 Å². The molecule has 0 radical (unpaired) electrons. The van der Waals surface area contributed by atoms with Crippen molar-refractivity contribution in [1.29, 1.82) is 0 Å². The molecule has 0 unspecified atom stereocenters. The van der Waals surface area contributed by atoms with Crippen LogP contribution in [0, 0.1) is 0 Å². The summed E-state index contributed by atoms with van der Waals surface area (Å²) >= 11 is 3.40. The van der Waals surface area contributed by atoms with Gasteiger partial charge in [0.1, 0.15) is 12.4 Å². The Morgan fingerprint density at radius 1 is 1.00 bits per heavy atom. The summed E-state index contributed by atoms with van der Waals surface area (Å²) in [5.41, 5.74) is 4.02. The van der Waals surface area contributed by atoms with Crippen molar-refractivity contribution in [3.8, 4) is 5.75 Å². The summed E-state index contributed by atoms with van der Waals surface area (Å²) in [7, 11) is 0. The average Bonchev–Trinajstić information content (AvgIpc) is 2.44. The summed E-state index contributed by atoms with van der Waals surface area (Å²) in [6, 6.07) is 17.8. The van der Waals surface area contributed by atoms with Gasteiger partial charge in [0.2, 0.25) is 0 Å². The molecule has 0 saturated heterocycles. The number of hydrogen-bond acceptors (Lipinski definition) is 3.